The second-order valence-electron chi connectivity index (χ2n) is 5.77. The molecule has 1 aliphatic rings. The number of hydrogen-bond donors (Lipinski definition) is 0. The summed E-state index contributed by atoms with van der Waals surface area (Å²) in [6, 6.07) is 23.1. The van der Waals surface area contributed by atoms with E-state index in [0.29, 0.717) is 0 Å². The Labute approximate surface area is 130 Å². The second-order valence-corrected chi connectivity index (χ2v) is 5.77. The highest BCUT2D eigenvalue weighted by Gasteiger charge is 2.23. The van der Waals surface area contributed by atoms with Crippen molar-refractivity contribution >= 4 is 0 Å². The minimum absolute atomic E-state index is 0.740. The zero-order chi connectivity index (χ0) is 15.1. The van der Waals surface area contributed by atoms with E-state index in [1.807, 2.05) is 24.3 Å². The standard InChI is InChI=1S/C21H15N/c1-14-10-11-19(17-8-4-3-7-16(17)13-22)20-12-15-6-2-5-9-18(15)21(14)20/h2-11H,12H2,1H3. The molecular formula is C21H15N. The zero-order valence-corrected chi connectivity index (χ0v) is 12.4. The summed E-state index contributed by atoms with van der Waals surface area (Å²) in [4.78, 5) is 0. The Hall–Kier alpha value is -2.85. The topological polar surface area (TPSA) is 23.8 Å². The monoisotopic (exact) mass is 281 g/mol. The molecule has 0 aliphatic heterocycles. The molecule has 0 radical (unpaired) electrons. The average molecular weight is 281 g/mol. The predicted molar refractivity (Wildman–Crippen MR) is 89.6 cm³/mol. The minimum atomic E-state index is 0.740. The number of rotatable bonds is 1. The summed E-state index contributed by atoms with van der Waals surface area (Å²) in [7, 11) is 0. The van der Waals surface area contributed by atoms with Crippen molar-refractivity contribution in [3.8, 4) is 28.3 Å². The van der Waals surface area contributed by atoms with Crippen molar-refractivity contribution in [2.45, 2.75) is 13.3 Å². The molecule has 4 rings (SSSR count). The van der Waals surface area contributed by atoms with Gasteiger partial charge in [0.25, 0.3) is 0 Å². The lowest BCUT2D eigenvalue weighted by Crippen LogP contribution is -1.92. The van der Waals surface area contributed by atoms with Crippen LogP contribution in [-0.2, 0) is 6.42 Å². The van der Waals surface area contributed by atoms with Crippen LogP contribution in [0.15, 0.2) is 60.7 Å². The molecule has 1 heteroatoms. The first kappa shape index (κ1) is 12.9. The maximum absolute atomic E-state index is 9.41. The minimum Gasteiger partial charge on any atom is -0.192 e. The maximum atomic E-state index is 9.41. The lowest BCUT2D eigenvalue weighted by Gasteiger charge is -2.12. The largest absolute Gasteiger partial charge is 0.192 e. The lowest BCUT2D eigenvalue weighted by atomic mass is 9.91. The Bertz CT molecular complexity index is 929. The van der Waals surface area contributed by atoms with Crippen molar-refractivity contribution in [2.24, 2.45) is 0 Å². The van der Waals surface area contributed by atoms with Gasteiger partial charge in [-0.05, 0) is 58.4 Å². The molecule has 0 saturated carbocycles. The molecule has 0 unspecified atom stereocenters. The summed E-state index contributed by atoms with van der Waals surface area (Å²) < 4.78 is 0. The molecule has 22 heavy (non-hydrogen) atoms. The first-order chi connectivity index (χ1) is 10.8. The summed E-state index contributed by atoms with van der Waals surface area (Å²) in [5.41, 5.74) is 9.68. The molecule has 3 aromatic carbocycles. The van der Waals surface area contributed by atoms with Gasteiger partial charge in [-0.25, -0.2) is 0 Å². The first-order valence-corrected chi connectivity index (χ1v) is 7.50. The quantitative estimate of drug-likeness (QED) is 0.476. The third kappa shape index (κ3) is 1.78. The van der Waals surface area contributed by atoms with Gasteiger partial charge in [0.1, 0.15) is 0 Å². The van der Waals surface area contributed by atoms with Gasteiger partial charge in [-0.15, -0.1) is 0 Å². The average Bonchev–Trinajstić information content (AvgIpc) is 2.95. The van der Waals surface area contributed by atoms with Crippen LogP contribution in [-0.4, -0.2) is 0 Å². The highest BCUT2D eigenvalue weighted by atomic mass is 14.3. The zero-order valence-electron chi connectivity index (χ0n) is 12.4. The van der Waals surface area contributed by atoms with Crippen LogP contribution in [0.4, 0.5) is 0 Å². The molecule has 0 heterocycles. The maximum Gasteiger partial charge on any atom is 0.0998 e. The van der Waals surface area contributed by atoms with Crippen molar-refractivity contribution in [3.05, 3.63) is 82.9 Å². The lowest BCUT2D eigenvalue weighted by molar-refractivity contribution is 1.26. The Morgan fingerprint density at radius 1 is 0.818 bits per heavy atom. The summed E-state index contributed by atoms with van der Waals surface area (Å²) in [6.45, 7) is 2.17. The third-order valence-electron chi connectivity index (χ3n) is 4.51. The number of hydrogen-bond acceptors (Lipinski definition) is 1. The van der Waals surface area contributed by atoms with E-state index in [0.717, 1.165) is 17.5 Å². The van der Waals surface area contributed by atoms with E-state index < -0.39 is 0 Å². The Morgan fingerprint density at radius 3 is 2.36 bits per heavy atom. The van der Waals surface area contributed by atoms with Gasteiger partial charge < -0.3 is 0 Å². The molecule has 3 aromatic rings. The number of nitriles is 1. The molecule has 0 aromatic heterocycles. The molecule has 0 saturated heterocycles. The Balaban J connectivity index is 2.01. The molecule has 0 bridgehead atoms. The van der Waals surface area contributed by atoms with E-state index in [9.17, 15) is 5.26 Å². The summed E-state index contributed by atoms with van der Waals surface area (Å²) >= 11 is 0. The van der Waals surface area contributed by atoms with Gasteiger partial charge in [0.05, 0.1) is 11.6 Å². The Morgan fingerprint density at radius 2 is 1.55 bits per heavy atom. The number of aryl methyl sites for hydroxylation is 1. The second kappa shape index (κ2) is 4.86. The number of benzene rings is 3. The fourth-order valence-electron chi connectivity index (χ4n) is 3.50. The molecule has 0 fully saturated rings. The van der Waals surface area contributed by atoms with Crippen molar-refractivity contribution in [2.75, 3.05) is 0 Å². The number of fused-ring (bicyclic) bond motifs is 3. The molecule has 104 valence electrons. The molecule has 0 amide bonds. The third-order valence-corrected chi connectivity index (χ3v) is 4.51. The van der Waals surface area contributed by atoms with Crippen molar-refractivity contribution < 1.29 is 0 Å². The molecule has 1 aliphatic carbocycles. The Kier molecular flexibility index (Phi) is 2.84. The van der Waals surface area contributed by atoms with Gasteiger partial charge in [0, 0.05) is 0 Å². The fraction of sp³-hybridized carbons (Fsp3) is 0.0952. The van der Waals surface area contributed by atoms with Crippen LogP contribution in [0, 0.1) is 18.3 Å². The molecule has 1 nitrogen and oxygen atoms in total. The van der Waals surface area contributed by atoms with Gasteiger partial charge >= 0.3 is 0 Å². The first-order valence-electron chi connectivity index (χ1n) is 7.50. The van der Waals surface area contributed by atoms with Gasteiger partial charge in [-0.1, -0.05) is 54.6 Å². The molecular weight excluding hydrogens is 266 g/mol. The van der Waals surface area contributed by atoms with Crippen LogP contribution in [0.25, 0.3) is 22.3 Å². The van der Waals surface area contributed by atoms with E-state index in [1.165, 1.54) is 33.4 Å². The van der Waals surface area contributed by atoms with Gasteiger partial charge in [0.15, 0.2) is 0 Å². The van der Waals surface area contributed by atoms with Gasteiger partial charge in [0.2, 0.25) is 0 Å². The van der Waals surface area contributed by atoms with E-state index in [4.69, 9.17) is 0 Å². The summed E-state index contributed by atoms with van der Waals surface area (Å²) in [5, 5.41) is 9.41. The fourth-order valence-corrected chi connectivity index (χ4v) is 3.50. The molecule has 0 atom stereocenters. The van der Waals surface area contributed by atoms with E-state index in [-0.39, 0.29) is 0 Å². The SMILES string of the molecule is Cc1ccc(-c2ccccc2C#N)c2c1-c1ccccc1C2. The van der Waals surface area contributed by atoms with Crippen LogP contribution in [0.2, 0.25) is 0 Å². The van der Waals surface area contributed by atoms with Crippen molar-refractivity contribution in [1.29, 1.82) is 5.26 Å². The van der Waals surface area contributed by atoms with Crippen LogP contribution in [0.3, 0.4) is 0 Å². The summed E-state index contributed by atoms with van der Waals surface area (Å²) in [6.07, 6.45) is 0.947. The van der Waals surface area contributed by atoms with Crippen LogP contribution < -0.4 is 0 Å². The van der Waals surface area contributed by atoms with Crippen molar-refractivity contribution in [3.63, 3.8) is 0 Å². The summed E-state index contributed by atoms with van der Waals surface area (Å²) in [5.74, 6) is 0. The van der Waals surface area contributed by atoms with Gasteiger partial charge in [-0.2, -0.15) is 5.26 Å². The van der Waals surface area contributed by atoms with Crippen LogP contribution >= 0.6 is 0 Å². The molecule has 0 spiro atoms. The normalized spacial score (nSPS) is 11.6. The predicted octanol–water partition coefficient (Wildman–Crippen LogP) is 5.10. The van der Waals surface area contributed by atoms with E-state index in [1.54, 1.807) is 0 Å². The van der Waals surface area contributed by atoms with Gasteiger partial charge in [-0.3, -0.25) is 0 Å². The van der Waals surface area contributed by atoms with Crippen LogP contribution in [0.1, 0.15) is 22.3 Å². The smallest absolute Gasteiger partial charge is 0.0998 e. The van der Waals surface area contributed by atoms with E-state index >= 15 is 0 Å². The number of nitrogens with zero attached hydrogens (tertiary/aromatic N) is 1. The van der Waals surface area contributed by atoms with Crippen LogP contribution in [0.5, 0.6) is 0 Å². The molecule has 0 N–H and O–H groups in total. The van der Waals surface area contributed by atoms with E-state index in [2.05, 4.69) is 49.4 Å². The van der Waals surface area contributed by atoms with Crippen molar-refractivity contribution in [1.82, 2.24) is 0 Å². The highest BCUT2D eigenvalue weighted by Crippen LogP contribution is 2.43. The highest BCUT2D eigenvalue weighted by molar-refractivity contribution is 5.88.